The molecule has 124 valence electrons. The van der Waals surface area contributed by atoms with Crippen LogP contribution in [-0.2, 0) is 16.9 Å². The minimum Gasteiger partial charge on any atom is -0.370 e. The Balaban J connectivity index is 1.91. The molecule has 0 saturated carbocycles. The van der Waals surface area contributed by atoms with E-state index >= 15 is 0 Å². The Morgan fingerprint density at radius 2 is 1.52 bits per heavy atom. The summed E-state index contributed by atoms with van der Waals surface area (Å²) in [5, 5.41) is 4.36. The highest BCUT2D eigenvalue weighted by atomic mass is 35.5. The highest BCUT2D eigenvalue weighted by Crippen LogP contribution is 2.23. The van der Waals surface area contributed by atoms with Gasteiger partial charge in [0.05, 0.1) is 12.2 Å². The third-order valence-corrected chi connectivity index (χ3v) is 4.25. The van der Waals surface area contributed by atoms with Crippen molar-refractivity contribution in [2.24, 2.45) is 0 Å². The van der Waals surface area contributed by atoms with E-state index in [0.717, 1.165) is 11.6 Å². The van der Waals surface area contributed by atoms with Crippen LogP contribution in [0.25, 0.3) is 0 Å². The molecule has 0 unspecified atom stereocenters. The summed E-state index contributed by atoms with van der Waals surface area (Å²) in [5.74, 6) is 0. The fourth-order valence-electron chi connectivity index (χ4n) is 2.31. The molecule has 23 heavy (non-hydrogen) atoms. The van der Waals surface area contributed by atoms with Gasteiger partial charge >= 0.3 is 0 Å². The second-order valence-electron chi connectivity index (χ2n) is 7.02. The van der Waals surface area contributed by atoms with E-state index in [2.05, 4.69) is 57.3 Å². The summed E-state index contributed by atoms with van der Waals surface area (Å²) in [6.45, 7) is 9.95. The maximum Gasteiger partial charge on any atom is 0.0755 e. The largest absolute Gasteiger partial charge is 0.370 e. The molecule has 0 aliphatic carbocycles. The average molecular weight is 332 g/mol. The fourth-order valence-corrected chi connectivity index (χ4v) is 2.43. The molecule has 3 heteroatoms. The highest BCUT2D eigenvalue weighted by molar-refractivity contribution is 6.30. The Bertz CT molecular complexity index is 605. The zero-order valence-electron chi connectivity index (χ0n) is 14.4. The van der Waals surface area contributed by atoms with Gasteiger partial charge in [0.2, 0.25) is 0 Å². The molecule has 0 aliphatic heterocycles. The molecule has 0 radical (unpaired) electrons. The first kappa shape index (κ1) is 18.0. The Kier molecular flexibility index (Phi) is 5.85. The van der Waals surface area contributed by atoms with Gasteiger partial charge in [0.15, 0.2) is 0 Å². The van der Waals surface area contributed by atoms with E-state index < -0.39 is 0 Å². The summed E-state index contributed by atoms with van der Waals surface area (Å²) in [6.07, 6.45) is 0. The van der Waals surface area contributed by atoms with Crippen LogP contribution in [0.4, 0.5) is 0 Å². The van der Waals surface area contributed by atoms with Crippen molar-refractivity contribution in [2.45, 2.75) is 45.4 Å². The molecule has 0 aliphatic rings. The maximum absolute atomic E-state index is 6.08. The molecule has 2 rings (SSSR count). The van der Waals surface area contributed by atoms with Gasteiger partial charge in [-0.05, 0) is 51.0 Å². The smallest absolute Gasteiger partial charge is 0.0755 e. The minimum absolute atomic E-state index is 0.141. The quantitative estimate of drug-likeness (QED) is 0.756. The monoisotopic (exact) mass is 331 g/mol. The van der Waals surface area contributed by atoms with Crippen molar-refractivity contribution in [2.75, 3.05) is 6.54 Å². The number of halogens is 1. The van der Waals surface area contributed by atoms with Gasteiger partial charge in [0, 0.05) is 17.1 Å². The van der Waals surface area contributed by atoms with Crippen LogP contribution < -0.4 is 5.32 Å². The van der Waals surface area contributed by atoms with Crippen LogP contribution in [-0.4, -0.2) is 12.1 Å². The van der Waals surface area contributed by atoms with E-state index in [9.17, 15) is 0 Å². The summed E-state index contributed by atoms with van der Waals surface area (Å²) < 4.78 is 6.08. The van der Waals surface area contributed by atoms with Crippen LogP contribution in [0.2, 0.25) is 5.02 Å². The van der Waals surface area contributed by atoms with Crippen LogP contribution in [0.1, 0.15) is 38.8 Å². The van der Waals surface area contributed by atoms with E-state index in [0.29, 0.717) is 6.61 Å². The van der Waals surface area contributed by atoms with Gasteiger partial charge in [-0.25, -0.2) is 0 Å². The minimum atomic E-state index is -0.250. The summed E-state index contributed by atoms with van der Waals surface area (Å²) in [6, 6.07) is 18.2. The molecule has 0 aromatic heterocycles. The van der Waals surface area contributed by atoms with Gasteiger partial charge in [0.1, 0.15) is 0 Å². The van der Waals surface area contributed by atoms with Gasteiger partial charge in [-0.15, -0.1) is 0 Å². The lowest BCUT2D eigenvalue weighted by atomic mass is 9.93. The molecule has 2 nitrogen and oxygen atoms in total. The molecule has 0 atom stereocenters. The topological polar surface area (TPSA) is 21.3 Å². The molecule has 0 spiro atoms. The van der Waals surface area contributed by atoms with Gasteiger partial charge in [-0.2, -0.15) is 0 Å². The third kappa shape index (κ3) is 5.65. The first-order valence-electron chi connectivity index (χ1n) is 7.97. The Morgan fingerprint density at radius 3 is 2.13 bits per heavy atom. The fraction of sp³-hybridized carbons (Fsp3) is 0.400. The maximum atomic E-state index is 6.08. The molecule has 0 heterocycles. The first-order valence-corrected chi connectivity index (χ1v) is 8.35. The lowest BCUT2D eigenvalue weighted by Gasteiger charge is -2.33. The Hall–Kier alpha value is -1.35. The van der Waals surface area contributed by atoms with Crippen molar-refractivity contribution in [3.05, 3.63) is 70.7 Å². The number of ether oxygens (including phenoxy) is 1. The first-order chi connectivity index (χ1) is 10.8. The molecule has 2 aromatic rings. The third-order valence-electron chi connectivity index (χ3n) is 3.99. The molecular weight excluding hydrogens is 306 g/mol. The summed E-state index contributed by atoms with van der Waals surface area (Å²) >= 11 is 5.97. The zero-order chi connectivity index (χ0) is 16.9. The summed E-state index contributed by atoms with van der Waals surface area (Å²) in [4.78, 5) is 0. The highest BCUT2D eigenvalue weighted by Gasteiger charge is 2.25. The number of nitrogens with one attached hydrogen (secondary N) is 1. The van der Waals surface area contributed by atoms with Gasteiger partial charge in [0.25, 0.3) is 0 Å². The van der Waals surface area contributed by atoms with Crippen molar-refractivity contribution in [3.8, 4) is 0 Å². The predicted molar refractivity (Wildman–Crippen MR) is 97.8 cm³/mol. The SMILES string of the molecule is CC(C)(CNC(C)(C)c1ccc(Cl)cc1)OCc1ccccc1. The summed E-state index contributed by atoms with van der Waals surface area (Å²) in [7, 11) is 0. The average Bonchev–Trinajstić information content (AvgIpc) is 2.53. The van der Waals surface area contributed by atoms with Crippen LogP contribution >= 0.6 is 11.6 Å². The number of hydrogen-bond donors (Lipinski definition) is 1. The zero-order valence-corrected chi connectivity index (χ0v) is 15.2. The van der Waals surface area contributed by atoms with Crippen molar-refractivity contribution in [1.29, 1.82) is 0 Å². The van der Waals surface area contributed by atoms with Crippen LogP contribution in [0, 0.1) is 0 Å². The molecular formula is C20H26ClNO. The van der Waals surface area contributed by atoms with E-state index in [4.69, 9.17) is 16.3 Å². The number of rotatable bonds is 7. The molecule has 1 N–H and O–H groups in total. The normalized spacial score (nSPS) is 12.4. The standard InChI is InChI=1S/C20H26ClNO/c1-19(2,23-14-16-8-6-5-7-9-16)15-22-20(3,4)17-10-12-18(21)13-11-17/h5-13,22H,14-15H2,1-4H3. The predicted octanol–water partition coefficient (Wildman–Crippen LogP) is 5.16. The van der Waals surface area contributed by atoms with Crippen LogP contribution in [0.15, 0.2) is 54.6 Å². The van der Waals surface area contributed by atoms with E-state index in [1.165, 1.54) is 11.1 Å². The van der Waals surface area contributed by atoms with Crippen molar-refractivity contribution < 1.29 is 4.74 Å². The van der Waals surface area contributed by atoms with E-state index in [1.54, 1.807) is 0 Å². The Labute approximate surface area is 144 Å². The van der Waals surface area contributed by atoms with E-state index in [1.807, 2.05) is 30.3 Å². The second-order valence-corrected chi connectivity index (χ2v) is 7.46. The molecule has 0 amide bonds. The van der Waals surface area contributed by atoms with E-state index in [-0.39, 0.29) is 11.1 Å². The molecule has 0 saturated heterocycles. The van der Waals surface area contributed by atoms with Crippen molar-refractivity contribution >= 4 is 11.6 Å². The second kappa shape index (κ2) is 7.48. The van der Waals surface area contributed by atoms with Crippen LogP contribution in [0.3, 0.4) is 0 Å². The number of benzene rings is 2. The van der Waals surface area contributed by atoms with Crippen molar-refractivity contribution in [1.82, 2.24) is 5.32 Å². The van der Waals surface area contributed by atoms with Gasteiger partial charge in [-0.1, -0.05) is 54.1 Å². The molecule has 2 aromatic carbocycles. The number of hydrogen-bond acceptors (Lipinski definition) is 2. The van der Waals surface area contributed by atoms with Gasteiger partial charge < -0.3 is 10.1 Å². The lowest BCUT2D eigenvalue weighted by molar-refractivity contribution is -0.0319. The van der Waals surface area contributed by atoms with Crippen molar-refractivity contribution in [3.63, 3.8) is 0 Å². The lowest BCUT2D eigenvalue weighted by Crippen LogP contribution is -2.46. The molecule has 0 fully saturated rings. The van der Waals surface area contributed by atoms with Gasteiger partial charge in [-0.3, -0.25) is 0 Å². The summed E-state index contributed by atoms with van der Waals surface area (Å²) in [5.41, 5.74) is 2.01. The van der Waals surface area contributed by atoms with Crippen LogP contribution in [0.5, 0.6) is 0 Å². The Morgan fingerprint density at radius 1 is 0.913 bits per heavy atom. The molecule has 0 bridgehead atoms.